The normalized spacial score (nSPS) is 16.0. The summed E-state index contributed by atoms with van der Waals surface area (Å²) in [5, 5.41) is 25.5. The van der Waals surface area contributed by atoms with E-state index >= 15 is 0 Å². The lowest BCUT2D eigenvalue weighted by molar-refractivity contribution is -0.384. The van der Waals surface area contributed by atoms with Crippen LogP contribution in [0.1, 0.15) is 11.1 Å². The summed E-state index contributed by atoms with van der Waals surface area (Å²) >= 11 is 6.26. The number of thioether (sulfide) groups is 1. The molecule has 0 saturated carbocycles. The maximum atomic E-state index is 12.5. The standard InChI is InChI=1S/C17H11N3O4S2/c21-14-4-2-1-3-12(14)10-18-19-16(22)15(26-17(19)25)9-11-5-7-13(8-6-11)20(23)24/h1-10,21H/b15-9+,18-10+. The van der Waals surface area contributed by atoms with Crippen LogP contribution in [-0.4, -0.2) is 31.5 Å². The van der Waals surface area contributed by atoms with E-state index in [4.69, 9.17) is 12.2 Å². The molecule has 0 atom stereocenters. The number of nitrogens with zero attached hydrogens (tertiary/aromatic N) is 3. The molecule has 1 heterocycles. The quantitative estimate of drug-likeness (QED) is 0.284. The summed E-state index contributed by atoms with van der Waals surface area (Å²) in [4.78, 5) is 23.0. The molecule has 2 aromatic carbocycles. The zero-order chi connectivity index (χ0) is 18.7. The number of benzene rings is 2. The molecule has 1 aliphatic heterocycles. The number of phenolic OH excluding ortho intramolecular Hbond substituents is 1. The van der Waals surface area contributed by atoms with Crippen LogP contribution in [0.5, 0.6) is 5.75 Å². The van der Waals surface area contributed by atoms with Crippen LogP contribution in [-0.2, 0) is 4.79 Å². The number of aromatic hydroxyl groups is 1. The van der Waals surface area contributed by atoms with E-state index < -0.39 is 10.8 Å². The Labute approximate surface area is 157 Å². The molecule has 1 fully saturated rings. The number of hydrogen-bond acceptors (Lipinski definition) is 7. The van der Waals surface area contributed by atoms with Crippen molar-refractivity contribution in [1.82, 2.24) is 5.01 Å². The van der Waals surface area contributed by atoms with E-state index in [9.17, 15) is 20.0 Å². The number of phenols is 1. The number of amides is 1. The molecular weight excluding hydrogens is 374 g/mol. The number of nitro benzene ring substituents is 1. The Bertz CT molecular complexity index is 955. The van der Waals surface area contributed by atoms with Crippen molar-refractivity contribution in [2.24, 2.45) is 5.10 Å². The number of carbonyl (C=O) groups excluding carboxylic acids is 1. The number of rotatable bonds is 4. The fourth-order valence-electron chi connectivity index (χ4n) is 2.12. The minimum Gasteiger partial charge on any atom is -0.507 e. The first kappa shape index (κ1) is 17.8. The smallest absolute Gasteiger partial charge is 0.286 e. The van der Waals surface area contributed by atoms with Gasteiger partial charge in [-0.15, -0.1) is 0 Å². The summed E-state index contributed by atoms with van der Waals surface area (Å²) in [5.41, 5.74) is 1.07. The van der Waals surface area contributed by atoms with E-state index in [0.717, 1.165) is 16.8 Å². The average Bonchev–Trinajstić information content (AvgIpc) is 2.88. The fourth-order valence-corrected chi connectivity index (χ4v) is 3.29. The van der Waals surface area contributed by atoms with Gasteiger partial charge in [0, 0.05) is 17.7 Å². The van der Waals surface area contributed by atoms with Gasteiger partial charge in [0.15, 0.2) is 4.32 Å². The number of non-ortho nitro benzene ring substituents is 1. The first-order valence-corrected chi connectivity index (χ1v) is 8.52. The largest absolute Gasteiger partial charge is 0.507 e. The molecule has 26 heavy (non-hydrogen) atoms. The first-order chi connectivity index (χ1) is 12.5. The van der Waals surface area contributed by atoms with Crippen molar-refractivity contribution in [1.29, 1.82) is 0 Å². The summed E-state index contributed by atoms with van der Waals surface area (Å²) in [6, 6.07) is 12.4. The summed E-state index contributed by atoms with van der Waals surface area (Å²) in [7, 11) is 0. The Morgan fingerprint density at radius 3 is 2.54 bits per heavy atom. The Morgan fingerprint density at radius 1 is 1.19 bits per heavy atom. The van der Waals surface area contributed by atoms with Gasteiger partial charge in [-0.1, -0.05) is 23.9 Å². The Balaban J connectivity index is 1.80. The lowest BCUT2D eigenvalue weighted by Crippen LogP contribution is -2.22. The number of carbonyl (C=O) groups is 1. The van der Waals surface area contributed by atoms with Crippen molar-refractivity contribution in [3.8, 4) is 5.75 Å². The third-order valence-corrected chi connectivity index (χ3v) is 4.71. The summed E-state index contributed by atoms with van der Waals surface area (Å²) in [6.45, 7) is 0. The van der Waals surface area contributed by atoms with Crippen molar-refractivity contribution in [2.45, 2.75) is 0 Å². The minimum atomic E-state index is -0.489. The Hall–Kier alpha value is -3.04. The lowest BCUT2D eigenvalue weighted by atomic mass is 10.2. The van der Waals surface area contributed by atoms with Gasteiger partial charge in [-0.05, 0) is 48.1 Å². The highest BCUT2D eigenvalue weighted by Gasteiger charge is 2.32. The zero-order valence-corrected chi connectivity index (χ0v) is 14.7. The molecule has 1 saturated heterocycles. The highest BCUT2D eigenvalue weighted by molar-refractivity contribution is 8.26. The van der Waals surface area contributed by atoms with Crippen LogP contribution in [0.15, 0.2) is 58.5 Å². The molecule has 7 nitrogen and oxygen atoms in total. The highest BCUT2D eigenvalue weighted by Crippen LogP contribution is 2.33. The number of hydrogen-bond donors (Lipinski definition) is 1. The first-order valence-electron chi connectivity index (χ1n) is 7.30. The van der Waals surface area contributed by atoms with Crippen LogP contribution in [0.4, 0.5) is 5.69 Å². The Kier molecular flexibility index (Phi) is 5.10. The van der Waals surface area contributed by atoms with Crippen LogP contribution in [0, 0.1) is 10.1 Å². The van der Waals surface area contributed by atoms with Gasteiger partial charge in [-0.2, -0.15) is 10.1 Å². The van der Waals surface area contributed by atoms with Crippen molar-refractivity contribution >= 4 is 52.2 Å². The maximum absolute atomic E-state index is 12.5. The molecule has 1 N–H and O–H groups in total. The van der Waals surface area contributed by atoms with Gasteiger partial charge >= 0.3 is 0 Å². The molecule has 0 aromatic heterocycles. The molecule has 0 spiro atoms. The van der Waals surface area contributed by atoms with E-state index in [1.807, 2.05) is 0 Å². The molecule has 0 unspecified atom stereocenters. The van der Waals surface area contributed by atoms with Gasteiger partial charge in [0.25, 0.3) is 11.6 Å². The van der Waals surface area contributed by atoms with Crippen LogP contribution >= 0.6 is 24.0 Å². The predicted molar refractivity (Wildman–Crippen MR) is 104 cm³/mol. The monoisotopic (exact) mass is 385 g/mol. The molecule has 9 heteroatoms. The molecule has 1 aliphatic rings. The number of para-hydroxylation sites is 1. The topological polar surface area (TPSA) is 96.0 Å². The molecule has 130 valence electrons. The third-order valence-electron chi connectivity index (χ3n) is 3.42. The van der Waals surface area contributed by atoms with E-state index in [1.165, 1.54) is 24.4 Å². The summed E-state index contributed by atoms with van der Waals surface area (Å²) < 4.78 is 0.259. The second-order valence-corrected chi connectivity index (χ2v) is 6.82. The van der Waals surface area contributed by atoms with Crippen LogP contribution < -0.4 is 0 Å². The maximum Gasteiger partial charge on any atom is 0.286 e. The van der Waals surface area contributed by atoms with Crippen molar-refractivity contribution in [2.75, 3.05) is 0 Å². The van der Waals surface area contributed by atoms with Crippen molar-refractivity contribution in [3.63, 3.8) is 0 Å². The van der Waals surface area contributed by atoms with E-state index in [1.54, 1.807) is 36.4 Å². The number of hydrazone groups is 1. The van der Waals surface area contributed by atoms with Crippen LogP contribution in [0.2, 0.25) is 0 Å². The van der Waals surface area contributed by atoms with Gasteiger partial charge in [0.05, 0.1) is 16.0 Å². The molecular formula is C17H11N3O4S2. The molecule has 0 bridgehead atoms. The van der Waals surface area contributed by atoms with Crippen LogP contribution in [0.25, 0.3) is 6.08 Å². The highest BCUT2D eigenvalue weighted by atomic mass is 32.2. The van der Waals surface area contributed by atoms with E-state index in [-0.39, 0.29) is 15.8 Å². The SMILES string of the molecule is O=C1/C(=C\c2ccc([N+](=O)[O-])cc2)SC(=S)N1/N=C/c1ccccc1O. The van der Waals surface area contributed by atoms with E-state index in [0.29, 0.717) is 16.0 Å². The number of thiocarbonyl (C=S) groups is 1. The zero-order valence-electron chi connectivity index (χ0n) is 13.1. The molecule has 1 amide bonds. The van der Waals surface area contributed by atoms with Gasteiger partial charge in [0.1, 0.15) is 5.75 Å². The molecule has 2 aromatic rings. The van der Waals surface area contributed by atoms with Gasteiger partial charge in [-0.3, -0.25) is 14.9 Å². The Morgan fingerprint density at radius 2 is 1.88 bits per heavy atom. The van der Waals surface area contributed by atoms with Crippen molar-refractivity contribution < 1.29 is 14.8 Å². The van der Waals surface area contributed by atoms with Crippen molar-refractivity contribution in [3.05, 3.63) is 74.7 Å². The molecule has 3 rings (SSSR count). The van der Waals surface area contributed by atoms with Crippen LogP contribution in [0.3, 0.4) is 0 Å². The second-order valence-electron chi connectivity index (χ2n) is 5.15. The summed E-state index contributed by atoms with van der Waals surface area (Å²) in [6.07, 6.45) is 2.95. The number of nitro groups is 1. The second kappa shape index (κ2) is 7.46. The predicted octanol–water partition coefficient (Wildman–Crippen LogP) is 3.54. The minimum absolute atomic E-state index is 0.0260. The third kappa shape index (κ3) is 3.79. The lowest BCUT2D eigenvalue weighted by Gasteiger charge is -2.06. The fraction of sp³-hybridized carbons (Fsp3) is 0. The van der Waals surface area contributed by atoms with Gasteiger partial charge in [0.2, 0.25) is 0 Å². The van der Waals surface area contributed by atoms with Gasteiger partial charge in [-0.25, -0.2) is 0 Å². The average molecular weight is 385 g/mol. The molecule has 0 aliphatic carbocycles. The van der Waals surface area contributed by atoms with Gasteiger partial charge < -0.3 is 5.11 Å². The van der Waals surface area contributed by atoms with E-state index in [2.05, 4.69) is 5.10 Å². The molecule has 0 radical (unpaired) electrons. The summed E-state index contributed by atoms with van der Waals surface area (Å²) in [5.74, 6) is -0.354.